The van der Waals surface area contributed by atoms with Crippen molar-refractivity contribution < 1.29 is 4.39 Å². The van der Waals surface area contributed by atoms with E-state index in [1.165, 1.54) is 6.07 Å². The van der Waals surface area contributed by atoms with E-state index < -0.39 is 0 Å². The van der Waals surface area contributed by atoms with E-state index in [-0.39, 0.29) is 11.2 Å². The van der Waals surface area contributed by atoms with Crippen LogP contribution in [-0.4, -0.2) is 9.55 Å². The van der Waals surface area contributed by atoms with Gasteiger partial charge in [-0.15, -0.1) is 11.6 Å². The van der Waals surface area contributed by atoms with Gasteiger partial charge in [0.05, 0.1) is 20.9 Å². The Bertz CT molecular complexity index is 813. The van der Waals surface area contributed by atoms with Crippen LogP contribution in [0.25, 0.3) is 16.7 Å². The molecule has 0 fully saturated rings. The van der Waals surface area contributed by atoms with Gasteiger partial charge in [0.1, 0.15) is 11.6 Å². The molecule has 0 amide bonds. The summed E-state index contributed by atoms with van der Waals surface area (Å²) in [6.45, 7) is 1.85. The molecule has 0 saturated carbocycles. The zero-order valence-electron chi connectivity index (χ0n) is 10.9. The summed E-state index contributed by atoms with van der Waals surface area (Å²) in [5.41, 5.74) is 2.29. The highest BCUT2D eigenvalue weighted by Gasteiger charge is 2.18. The molecule has 21 heavy (non-hydrogen) atoms. The topological polar surface area (TPSA) is 17.8 Å². The van der Waals surface area contributed by atoms with Crippen molar-refractivity contribution in [2.45, 2.75) is 12.3 Å². The van der Waals surface area contributed by atoms with Gasteiger partial charge in [-0.05, 0) is 53.2 Å². The van der Waals surface area contributed by atoms with Crippen LogP contribution in [0.4, 0.5) is 4.39 Å². The molecule has 0 aliphatic rings. The van der Waals surface area contributed by atoms with E-state index in [0.29, 0.717) is 21.3 Å². The molecule has 0 N–H and O–H groups in total. The minimum Gasteiger partial charge on any atom is -0.295 e. The second-order valence-electron chi connectivity index (χ2n) is 4.65. The van der Waals surface area contributed by atoms with E-state index in [0.717, 1.165) is 10.2 Å². The van der Waals surface area contributed by atoms with Crippen LogP contribution >= 0.6 is 43.5 Å². The number of imidazole rings is 1. The number of alkyl halides is 1. The highest BCUT2D eigenvalue weighted by atomic mass is 79.9. The predicted molar refractivity (Wildman–Crippen MR) is 90.7 cm³/mol. The molecule has 0 spiro atoms. The van der Waals surface area contributed by atoms with Crippen molar-refractivity contribution in [2.75, 3.05) is 0 Å². The molecule has 0 aliphatic carbocycles. The molecule has 3 rings (SSSR count). The summed E-state index contributed by atoms with van der Waals surface area (Å²) in [7, 11) is 0. The Hall–Kier alpha value is -0.910. The number of benzene rings is 2. The average Bonchev–Trinajstić information content (AvgIpc) is 2.79. The molecule has 0 radical (unpaired) electrons. The van der Waals surface area contributed by atoms with Crippen LogP contribution in [0.1, 0.15) is 18.1 Å². The lowest BCUT2D eigenvalue weighted by atomic mass is 10.2. The van der Waals surface area contributed by atoms with Crippen molar-refractivity contribution in [3.8, 4) is 5.69 Å². The Labute approximate surface area is 143 Å². The van der Waals surface area contributed by atoms with Gasteiger partial charge >= 0.3 is 0 Å². The van der Waals surface area contributed by atoms with Crippen LogP contribution in [0.5, 0.6) is 0 Å². The highest BCUT2D eigenvalue weighted by Crippen LogP contribution is 2.31. The lowest BCUT2D eigenvalue weighted by Gasteiger charge is -2.10. The van der Waals surface area contributed by atoms with Gasteiger partial charge in [0.15, 0.2) is 0 Å². The molecule has 3 aromatic rings. The summed E-state index contributed by atoms with van der Waals surface area (Å²) in [5, 5.41) is -0.289. The average molecular weight is 433 g/mol. The van der Waals surface area contributed by atoms with Gasteiger partial charge < -0.3 is 0 Å². The van der Waals surface area contributed by atoms with Gasteiger partial charge in [0.2, 0.25) is 0 Å². The fourth-order valence-electron chi connectivity index (χ4n) is 2.22. The third-order valence-electron chi connectivity index (χ3n) is 3.16. The quantitative estimate of drug-likeness (QED) is 0.455. The van der Waals surface area contributed by atoms with E-state index in [4.69, 9.17) is 11.6 Å². The first-order chi connectivity index (χ1) is 9.97. The molecule has 1 heterocycles. The summed E-state index contributed by atoms with van der Waals surface area (Å²) in [4.78, 5) is 4.54. The molecule has 0 bridgehead atoms. The Morgan fingerprint density at radius 1 is 1.19 bits per heavy atom. The SMILES string of the molecule is CC(Cl)c1nc2cc(Br)c(F)cc2n1-c1ccc(Br)cc1. The smallest absolute Gasteiger partial charge is 0.139 e. The van der Waals surface area contributed by atoms with Crippen LogP contribution in [0, 0.1) is 5.82 Å². The number of aromatic nitrogens is 2. The van der Waals surface area contributed by atoms with Crippen LogP contribution in [-0.2, 0) is 0 Å². The minimum absolute atomic E-state index is 0.289. The number of hydrogen-bond acceptors (Lipinski definition) is 1. The molecule has 1 atom stereocenters. The summed E-state index contributed by atoms with van der Waals surface area (Å²) in [6.07, 6.45) is 0. The van der Waals surface area contributed by atoms with Gasteiger partial charge in [-0.2, -0.15) is 0 Å². The highest BCUT2D eigenvalue weighted by molar-refractivity contribution is 9.10. The van der Waals surface area contributed by atoms with E-state index >= 15 is 0 Å². The number of nitrogens with zero attached hydrogens (tertiary/aromatic N) is 2. The molecule has 0 aliphatic heterocycles. The summed E-state index contributed by atoms with van der Waals surface area (Å²) in [5.74, 6) is 0.362. The number of fused-ring (bicyclic) bond motifs is 1. The standard InChI is InChI=1S/C15H10Br2ClFN2/c1-8(18)15-20-13-6-11(17)12(19)7-14(13)21(15)10-4-2-9(16)3-5-10/h2-8H,1H3. The monoisotopic (exact) mass is 430 g/mol. The van der Waals surface area contributed by atoms with Crippen molar-refractivity contribution >= 4 is 54.5 Å². The maximum Gasteiger partial charge on any atom is 0.139 e. The number of hydrogen-bond donors (Lipinski definition) is 0. The Morgan fingerprint density at radius 2 is 1.86 bits per heavy atom. The van der Waals surface area contributed by atoms with Crippen molar-refractivity contribution in [2.24, 2.45) is 0 Å². The Kier molecular flexibility index (Phi) is 4.08. The predicted octanol–water partition coefficient (Wildman–Crippen LogP) is 5.99. The largest absolute Gasteiger partial charge is 0.295 e. The maximum atomic E-state index is 13.9. The Morgan fingerprint density at radius 3 is 2.48 bits per heavy atom. The van der Waals surface area contributed by atoms with E-state index in [1.54, 1.807) is 6.07 Å². The summed E-state index contributed by atoms with van der Waals surface area (Å²) in [6, 6.07) is 10.9. The second-order valence-corrected chi connectivity index (χ2v) is 7.08. The molecule has 2 nitrogen and oxygen atoms in total. The van der Waals surface area contributed by atoms with Crippen LogP contribution in [0.15, 0.2) is 45.3 Å². The molecular formula is C15H10Br2ClFN2. The third kappa shape index (κ3) is 2.74. The molecule has 2 aromatic carbocycles. The normalized spacial score (nSPS) is 12.8. The number of rotatable bonds is 2. The second kappa shape index (κ2) is 5.71. The van der Waals surface area contributed by atoms with E-state index in [2.05, 4.69) is 36.8 Å². The third-order valence-corrected chi connectivity index (χ3v) is 4.49. The zero-order chi connectivity index (χ0) is 15.1. The lowest BCUT2D eigenvalue weighted by molar-refractivity contribution is 0.622. The van der Waals surface area contributed by atoms with Crippen molar-refractivity contribution in [3.05, 3.63) is 57.0 Å². The van der Waals surface area contributed by atoms with Gasteiger partial charge in [-0.3, -0.25) is 4.57 Å². The molecule has 6 heteroatoms. The first-order valence-corrected chi connectivity index (χ1v) is 8.27. The van der Waals surface area contributed by atoms with Crippen LogP contribution in [0.3, 0.4) is 0 Å². The fraction of sp³-hybridized carbons (Fsp3) is 0.133. The van der Waals surface area contributed by atoms with Crippen molar-refractivity contribution in [3.63, 3.8) is 0 Å². The first kappa shape index (κ1) is 15.0. The van der Waals surface area contributed by atoms with Gasteiger partial charge in [0, 0.05) is 16.2 Å². The number of halogens is 4. The van der Waals surface area contributed by atoms with E-state index in [1.807, 2.05) is 35.8 Å². The molecule has 1 aromatic heterocycles. The van der Waals surface area contributed by atoms with Crippen LogP contribution < -0.4 is 0 Å². The molecule has 1 unspecified atom stereocenters. The minimum atomic E-state index is -0.325. The van der Waals surface area contributed by atoms with Gasteiger partial charge in [-0.1, -0.05) is 15.9 Å². The van der Waals surface area contributed by atoms with Crippen molar-refractivity contribution in [1.29, 1.82) is 0 Å². The molecular weight excluding hydrogens is 422 g/mol. The van der Waals surface area contributed by atoms with E-state index in [9.17, 15) is 4.39 Å². The van der Waals surface area contributed by atoms with Crippen LogP contribution in [0.2, 0.25) is 0 Å². The fourth-order valence-corrected chi connectivity index (χ4v) is 2.96. The molecule has 0 saturated heterocycles. The van der Waals surface area contributed by atoms with Crippen molar-refractivity contribution in [1.82, 2.24) is 9.55 Å². The van der Waals surface area contributed by atoms with Gasteiger partial charge in [0.25, 0.3) is 0 Å². The Balaban J connectivity index is 2.35. The zero-order valence-corrected chi connectivity index (χ0v) is 14.9. The lowest BCUT2D eigenvalue weighted by Crippen LogP contribution is -2.01. The summed E-state index contributed by atoms with van der Waals surface area (Å²) >= 11 is 12.8. The van der Waals surface area contributed by atoms with Gasteiger partial charge in [-0.25, -0.2) is 9.37 Å². The maximum absolute atomic E-state index is 13.9. The molecule has 108 valence electrons. The first-order valence-electron chi connectivity index (χ1n) is 6.25. The summed E-state index contributed by atoms with van der Waals surface area (Å²) < 4.78 is 17.1.